The number of amidine groups is 1. The molecule has 4 aliphatic rings. The van der Waals surface area contributed by atoms with E-state index in [-0.39, 0.29) is 6.04 Å². The lowest BCUT2D eigenvalue weighted by Crippen LogP contribution is -2.32. The molecule has 10 rings (SSSR count). The van der Waals surface area contributed by atoms with Crippen LogP contribution in [0.15, 0.2) is 180 Å². The first-order valence-electron chi connectivity index (χ1n) is 16.5. The molecule has 0 saturated carbocycles. The Morgan fingerprint density at radius 3 is 1.98 bits per heavy atom. The standard InChI is InChI=1S/C45H30N2O/c1-2-14-29(15-3-1)44-46-40-26-10-6-20-35(40)42(47-44)31-17-12-16-30(28-31)32-21-13-25-39-43(32)48-41-27-11-9-24-38(41)45(39)36-22-7-4-18-33(36)34-19-5-8-23-37(34)45/h1-28,40H,(H,46,47). The molecule has 0 bridgehead atoms. The van der Waals surface area contributed by atoms with Crippen molar-refractivity contribution in [2.45, 2.75) is 11.5 Å². The van der Waals surface area contributed by atoms with E-state index in [4.69, 9.17) is 9.73 Å². The average Bonchev–Trinajstić information content (AvgIpc) is 3.45. The molecule has 1 N–H and O–H groups in total. The summed E-state index contributed by atoms with van der Waals surface area (Å²) in [6.45, 7) is 0. The quantitative estimate of drug-likeness (QED) is 0.215. The molecule has 0 aromatic heterocycles. The maximum absolute atomic E-state index is 6.96. The van der Waals surface area contributed by atoms with Crippen molar-refractivity contribution in [3.8, 4) is 33.8 Å². The maximum atomic E-state index is 6.96. The highest BCUT2D eigenvalue weighted by atomic mass is 16.5. The van der Waals surface area contributed by atoms with E-state index in [0.717, 1.165) is 50.9 Å². The van der Waals surface area contributed by atoms with Crippen LogP contribution in [0, 0.1) is 0 Å². The Morgan fingerprint density at radius 2 is 1.17 bits per heavy atom. The van der Waals surface area contributed by atoms with E-state index in [1.807, 2.05) is 6.07 Å². The van der Waals surface area contributed by atoms with Crippen molar-refractivity contribution < 1.29 is 4.74 Å². The number of hydrogen-bond donors (Lipinski definition) is 1. The second-order valence-corrected chi connectivity index (χ2v) is 12.7. The van der Waals surface area contributed by atoms with Gasteiger partial charge in [0.05, 0.1) is 17.2 Å². The van der Waals surface area contributed by atoms with Gasteiger partial charge in [-0.25, -0.2) is 0 Å². The van der Waals surface area contributed by atoms with Crippen LogP contribution in [0.1, 0.15) is 33.4 Å². The molecular formula is C45H30N2O. The number of fused-ring (bicyclic) bond motifs is 10. The maximum Gasteiger partial charge on any atom is 0.140 e. The Bertz CT molecular complexity index is 2370. The third-order valence-electron chi connectivity index (χ3n) is 10.2. The molecule has 6 aromatic rings. The summed E-state index contributed by atoms with van der Waals surface area (Å²) in [5.74, 6) is 2.67. The number of nitrogens with zero attached hydrogens (tertiary/aromatic N) is 1. The Hall–Kier alpha value is -6.19. The zero-order valence-electron chi connectivity index (χ0n) is 26.1. The van der Waals surface area contributed by atoms with Crippen molar-refractivity contribution >= 4 is 11.5 Å². The van der Waals surface area contributed by atoms with Crippen molar-refractivity contribution in [1.29, 1.82) is 0 Å². The number of rotatable bonds is 3. The SMILES string of the molecule is C1=CC2=C(c3cccc(-c4cccc5c4Oc4ccccc4C54c5ccccc5-c5ccccc54)c3)NC(c3ccccc3)=NC2C=C1. The van der Waals surface area contributed by atoms with Crippen LogP contribution < -0.4 is 10.1 Å². The molecule has 0 amide bonds. The summed E-state index contributed by atoms with van der Waals surface area (Å²) in [5.41, 5.74) is 13.6. The van der Waals surface area contributed by atoms with E-state index in [9.17, 15) is 0 Å². The minimum Gasteiger partial charge on any atom is -0.456 e. The summed E-state index contributed by atoms with van der Waals surface area (Å²) >= 11 is 0. The molecule has 6 aromatic carbocycles. The monoisotopic (exact) mass is 614 g/mol. The lowest BCUT2D eigenvalue weighted by Gasteiger charge is -2.40. The number of nitrogens with one attached hydrogen (secondary N) is 1. The molecule has 1 unspecified atom stereocenters. The van der Waals surface area contributed by atoms with Gasteiger partial charge < -0.3 is 10.1 Å². The van der Waals surface area contributed by atoms with Crippen LogP contribution in [0.5, 0.6) is 11.5 Å². The predicted molar refractivity (Wildman–Crippen MR) is 194 cm³/mol. The van der Waals surface area contributed by atoms with E-state index >= 15 is 0 Å². The fraction of sp³-hybridized carbons (Fsp3) is 0.0444. The third kappa shape index (κ3) is 3.79. The minimum atomic E-state index is -0.492. The van der Waals surface area contributed by atoms with Crippen molar-refractivity contribution in [2.24, 2.45) is 4.99 Å². The van der Waals surface area contributed by atoms with Gasteiger partial charge in [0.15, 0.2) is 0 Å². The first kappa shape index (κ1) is 27.0. The van der Waals surface area contributed by atoms with E-state index in [2.05, 4.69) is 169 Å². The smallest absolute Gasteiger partial charge is 0.140 e. The van der Waals surface area contributed by atoms with Crippen LogP contribution in [0.25, 0.3) is 28.0 Å². The first-order valence-corrected chi connectivity index (χ1v) is 16.5. The molecular weight excluding hydrogens is 585 g/mol. The predicted octanol–water partition coefficient (Wildman–Crippen LogP) is 10.1. The number of hydrogen-bond acceptors (Lipinski definition) is 3. The highest BCUT2D eigenvalue weighted by molar-refractivity contribution is 6.06. The van der Waals surface area contributed by atoms with Gasteiger partial charge in [0.2, 0.25) is 0 Å². The fourth-order valence-corrected chi connectivity index (χ4v) is 8.17. The van der Waals surface area contributed by atoms with Gasteiger partial charge in [0.25, 0.3) is 0 Å². The molecule has 0 fully saturated rings. The lowest BCUT2D eigenvalue weighted by molar-refractivity contribution is 0.438. The highest BCUT2D eigenvalue weighted by Gasteiger charge is 2.51. The Morgan fingerprint density at radius 1 is 0.542 bits per heavy atom. The van der Waals surface area contributed by atoms with Crippen molar-refractivity contribution in [3.63, 3.8) is 0 Å². The summed E-state index contributed by atoms with van der Waals surface area (Å²) in [6.07, 6.45) is 8.52. The summed E-state index contributed by atoms with van der Waals surface area (Å²) in [7, 11) is 0. The van der Waals surface area contributed by atoms with Crippen LogP contribution in [-0.2, 0) is 5.41 Å². The number of ether oxygens (including phenoxy) is 1. The number of allylic oxidation sites excluding steroid dienone is 2. The molecule has 0 saturated heterocycles. The molecule has 2 aliphatic carbocycles. The van der Waals surface area contributed by atoms with Crippen LogP contribution in [-0.4, -0.2) is 11.9 Å². The van der Waals surface area contributed by atoms with E-state index in [1.54, 1.807) is 0 Å². The van der Waals surface area contributed by atoms with Gasteiger partial charge in [0, 0.05) is 27.8 Å². The molecule has 3 heteroatoms. The first-order chi connectivity index (χ1) is 23.8. The second kappa shape index (κ2) is 10.4. The van der Waals surface area contributed by atoms with E-state index < -0.39 is 5.41 Å². The molecule has 48 heavy (non-hydrogen) atoms. The zero-order chi connectivity index (χ0) is 31.7. The Balaban J connectivity index is 1.17. The Labute approximate surface area is 279 Å². The summed E-state index contributed by atoms with van der Waals surface area (Å²) < 4.78 is 6.96. The molecule has 1 atom stereocenters. The molecule has 0 radical (unpaired) electrons. The van der Waals surface area contributed by atoms with Gasteiger partial charge in [0.1, 0.15) is 17.3 Å². The topological polar surface area (TPSA) is 33.6 Å². The molecule has 1 spiro atoms. The van der Waals surface area contributed by atoms with Gasteiger partial charge in [-0.3, -0.25) is 4.99 Å². The molecule has 226 valence electrons. The average molecular weight is 615 g/mol. The molecule has 2 aliphatic heterocycles. The second-order valence-electron chi connectivity index (χ2n) is 12.7. The Kier molecular flexibility index (Phi) is 5.85. The number of para-hydroxylation sites is 2. The number of aliphatic imine (C=N–C) groups is 1. The van der Waals surface area contributed by atoms with Gasteiger partial charge in [-0.1, -0.05) is 158 Å². The van der Waals surface area contributed by atoms with E-state index in [1.165, 1.54) is 33.4 Å². The summed E-state index contributed by atoms with van der Waals surface area (Å²) in [6, 6.07) is 52.1. The largest absolute Gasteiger partial charge is 0.456 e. The minimum absolute atomic E-state index is 0.0446. The molecule has 2 heterocycles. The lowest BCUT2D eigenvalue weighted by atomic mass is 9.65. The normalized spacial score (nSPS) is 17.3. The van der Waals surface area contributed by atoms with Crippen LogP contribution >= 0.6 is 0 Å². The van der Waals surface area contributed by atoms with Gasteiger partial charge in [-0.15, -0.1) is 0 Å². The number of benzene rings is 6. The van der Waals surface area contributed by atoms with Crippen LogP contribution in [0.2, 0.25) is 0 Å². The van der Waals surface area contributed by atoms with Crippen molar-refractivity contribution in [1.82, 2.24) is 5.32 Å². The summed E-state index contributed by atoms with van der Waals surface area (Å²) in [4.78, 5) is 5.08. The molecule has 3 nitrogen and oxygen atoms in total. The van der Waals surface area contributed by atoms with Crippen molar-refractivity contribution in [3.05, 3.63) is 209 Å². The third-order valence-corrected chi connectivity index (χ3v) is 10.2. The van der Waals surface area contributed by atoms with Crippen molar-refractivity contribution in [2.75, 3.05) is 0 Å². The zero-order valence-corrected chi connectivity index (χ0v) is 26.1. The van der Waals surface area contributed by atoms with E-state index in [0.29, 0.717) is 0 Å². The van der Waals surface area contributed by atoms with Crippen LogP contribution in [0.3, 0.4) is 0 Å². The van der Waals surface area contributed by atoms with Gasteiger partial charge in [-0.05, 0) is 45.5 Å². The summed E-state index contributed by atoms with van der Waals surface area (Å²) in [5, 5.41) is 3.71. The van der Waals surface area contributed by atoms with Gasteiger partial charge in [-0.2, -0.15) is 0 Å². The fourth-order valence-electron chi connectivity index (χ4n) is 8.17. The van der Waals surface area contributed by atoms with Crippen LogP contribution in [0.4, 0.5) is 0 Å². The highest BCUT2D eigenvalue weighted by Crippen LogP contribution is 2.63. The van der Waals surface area contributed by atoms with Gasteiger partial charge >= 0.3 is 0 Å².